The Morgan fingerprint density at radius 1 is 1.30 bits per heavy atom. The van der Waals surface area contributed by atoms with Crippen LogP contribution in [0.3, 0.4) is 0 Å². The van der Waals surface area contributed by atoms with Crippen LogP contribution in [0.1, 0.15) is 11.1 Å². The summed E-state index contributed by atoms with van der Waals surface area (Å²) >= 11 is 3.43. The first kappa shape index (κ1) is 15.1. The first-order valence-corrected chi connectivity index (χ1v) is 7.12. The van der Waals surface area contributed by atoms with E-state index in [1.807, 2.05) is 19.1 Å². The molecule has 0 amide bonds. The highest BCUT2D eigenvalue weighted by Crippen LogP contribution is 2.25. The van der Waals surface area contributed by atoms with Crippen LogP contribution in [0.5, 0.6) is 5.75 Å². The van der Waals surface area contributed by atoms with Crippen LogP contribution in [0.2, 0.25) is 6.82 Å². The van der Waals surface area contributed by atoms with Crippen molar-refractivity contribution in [1.82, 2.24) is 0 Å². The summed E-state index contributed by atoms with van der Waals surface area (Å²) in [6, 6.07) is 10.3. The molecule has 1 N–H and O–H groups in total. The summed E-state index contributed by atoms with van der Waals surface area (Å²) in [6.45, 7) is 3.09. The smallest absolute Gasteiger partial charge is 0.324 e. The van der Waals surface area contributed by atoms with Crippen molar-refractivity contribution >= 4 is 28.3 Å². The zero-order valence-electron chi connectivity index (χ0n) is 11.4. The minimum atomic E-state index is -0.651. The van der Waals surface area contributed by atoms with Gasteiger partial charge >= 0.3 is 6.92 Å². The number of hydrogen-bond donors (Lipinski definition) is 1. The maximum Gasteiger partial charge on any atom is 0.324 e. The van der Waals surface area contributed by atoms with Crippen LogP contribution in [-0.2, 0) is 6.61 Å². The third-order valence-electron chi connectivity index (χ3n) is 3.00. The van der Waals surface area contributed by atoms with Gasteiger partial charge in [-0.2, -0.15) is 0 Å². The molecule has 0 bridgehead atoms. The molecule has 0 saturated heterocycles. The van der Waals surface area contributed by atoms with Gasteiger partial charge in [0.1, 0.15) is 18.2 Å². The average Bonchev–Trinajstić information content (AvgIpc) is 2.38. The summed E-state index contributed by atoms with van der Waals surface area (Å²) in [5, 5.41) is 9.83. The third-order valence-corrected chi connectivity index (χ3v) is 3.59. The Morgan fingerprint density at radius 2 is 2.00 bits per heavy atom. The summed E-state index contributed by atoms with van der Waals surface area (Å²) in [5.74, 6) is 0.253. The van der Waals surface area contributed by atoms with E-state index in [0.717, 1.165) is 10.0 Å². The molecule has 0 aromatic heterocycles. The molecule has 2 aromatic rings. The summed E-state index contributed by atoms with van der Waals surface area (Å²) in [4.78, 5) is 0. The number of aryl methyl sites for hydroxylation is 1. The molecule has 20 heavy (non-hydrogen) atoms. The van der Waals surface area contributed by atoms with E-state index in [4.69, 9.17) is 4.74 Å². The lowest BCUT2D eigenvalue weighted by Gasteiger charge is -2.15. The van der Waals surface area contributed by atoms with Crippen LogP contribution < -0.4 is 10.2 Å². The van der Waals surface area contributed by atoms with Crippen molar-refractivity contribution in [3.63, 3.8) is 0 Å². The van der Waals surface area contributed by atoms with Crippen molar-refractivity contribution in [2.24, 2.45) is 0 Å². The third kappa shape index (κ3) is 3.41. The van der Waals surface area contributed by atoms with E-state index in [2.05, 4.69) is 15.9 Å². The van der Waals surface area contributed by atoms with Crippen LogP contribution in [0.25, 0.3) is 0 Å². The van der Waals surface area contributed by atoms with E-state index in [-0.39, 0.29) is 12.4 Å². The zero-order valence-corrected chi connectivity index (χ0v) is 12.9. The first-order chi connectivity index (χ1) is 9.49. The van der Waals surface area contributed by atoms with Crippen molar-refractivity contribution in [3.8, 4) is 5.75 Å². The predicted molar refractivity (Wildman–Crippen MR) is 83.1 cm³/mol. The van der Waals surface area contributed by atoms with Gasteiger partial charge in [-0.1, -0.05) is 36.7 Å². The SMILES string of the molecule is CB(O)c1cc(C)cc(Br)c1OCc1ccccc1F. The van der Waals surface area contributed by atoms with Gasteiger partial charge in [-0.3, -0.25) is 0 Å². The van der Waals surface area contributed by atoms with Crippen LogP contribution in [0.15, 0.2) is 40.9 Å². The Hall–Kier alpha value is -1.33. The minimum Gasteiger partial charge on any atom is -0.488 e. The Kier molecular flexibility index (Phi) is 4.84. The van der Waals surface area contributed by atoms with Crippen LogP contribution >= 0.6 is 15.9 Å². The standard InChI is InChI=1S/C15H15BBrFO2/c1-10-7-12(16(2)19)15(13(17)8-10)20-9-11-5-3-4-6-14(11)18/h3-8,19H,9H2,1-2H3. The van der Waals surface area contributed by atoms with Crippen molar-refractivity contribution < 1.29 is 14.2 Å². The lowest BCUT2D eigenvalue weighted by atomic mass is 9.63. The van der Waals surface area contributed by atoms with Crippen molar-refractivity contribution in [2.45, 2.75) is 20.4 Å². The van der Waals surface area contributed by atoms with Gasteiger partial charge in [0.05, 0.1) is 4.47 Å². The van der Waals surface area contributed by atoms with E-state index >= 15 is 0 Å². The highest BCUT2D eigenvalue weighted by atomic mass is 79.9. The van der Waals surface area contributed by atoms with E-state index in [9.17, 15) is 9.41 Å². The van der Waals surface area contributed by atoms with Gasteiger partial charge in [-0.05, 0) is 40.4 Å². The van der Waals surface area contributed by atoms with Crippen LogP contribution in [-0.4, -0.2) is 11.9 Å². The van der Waals surface area contributed by atoms with Gasteiger partial charge < -0.3 is 9.76 Å². The monoisotopic (exact) mass is 336 g/mol. The number of hydrogen-bond acceptors (Lipinski definition) is 2. The highest BCUT2D eigenvalue weighted by Gasteiger charge is 2.17. The van der Waals surface area contributed by atoms with Crippen molar-refractivity contribution in [1.29, 1.82) is 0 Å². The maximum absolute atomic E-state index is 13.6. The molecule has 0 saturated carbocycles. The second kappa shape index (κ2) is 6.42. The molecule has 2 nitrogen and oxygen atoms in total. The molecule has 0 spiro atoms. The molecule has 0 heterocycles. The number of benzene rings is 2. The molecule has 104 valence electrons. The summed E-state index contributed by atoms with van der Waals surface area (Å²) in [5.41, 5.74) is 2.19. The number of halogens is 2. The second-order valence-electron chi connectivity index (χ2n) is 4.72. The largest absolute Gasteiger partial charge is 0.488 e. The molecule has 0 aliphatic heterocycles. The number of rotatable bonds is 4. The molecule has 2 rings (SSSR count). The molecule has 2 aromatic carbocycles. The normalized spacial score (nSPS) is 10.4. The minimum absolute atomic E-state index is 0.119. The van der Waals surface area contributed by atoms with E-state index in [0.29, 0.717) is 16.8 Å². The molecule has 0 radical (unpaired) electrons. The highest BCUT2D eigenvalue weighted by molar-refractivity contribution is 9.10. The van der Waals surface area contributed by atoms with Crippen LogP contribution in [0.4, 0.5) is 4.39 Å². The van der Waals surface area contributed by atoms with Gasteiger partial charge in [0, 0.05) is 5.56 Å². The maximum atomic E-state index is 13.6. The van der Waals surface area contributed by atoms with Crippen molar-refractivity contribution in [2.75, 3.05) is 0 Å². The van der Waals surface area contributed by atoms with E-state index in [1.165, 1.54) is 6.07 Å². The second-order valence-corrected chi connectivity index (χ2v) is 5.58. The fraction of sp³-hybridized carbons (Fsp3) is 0.200. The number of ether oxygens (including phenoxy) is 1. The van der Waals surface area contributed by atoms with Gasteiger partial charge in [-0.15, -0.1) is 0 Å². The Balaban J connectivity index is 2.27. The molecule has 5 heteroatoms. The van der Waals surface area contributed by atoms with Gasteiger partial charge in [0.2, 0.25) is 0 Å². The van der Waals surface area contributed by atoms with Gasteiger partial charge in [0.15, 0.2) is 0 Å². The predicted octanol–water partition coefficient (Wildman–Crippen LogP) is 3.30. The fourth-order valence-electron chi connectivity index (χ4n) is 1.98. The first-order valence-electron chi connectivity index (χ1n) is 6.33. The summed E-state index contributed by atoms with van der Waals surface area (Å²) < 4.78 is 20.0. The lowest BCUT2D eigenvalue weighted by molar-refractivity contribution is 0.300. The molecule has 0 fully saturated rings. The van der Waals surface area contributed by atoms with Gasteiger partial charge in [-0.25, -0.2) is 4.39 Å². The average molecular weight is 337 g/mol. The van der Waals surface area contributed by atoms with Crippen molar-refractivity contribution in [3.05, 3.63) is 57.8 Å². The van der Waals surface area contributed by atoms with Gasteiger partial charge in [0.25, 0.3) is 0 Å². The van der Waals surface area contributed by atoms with E-state index in [1.54, 1.807) is 25.0 Å². The molecular weight excluding hydrogens is 322 g/mol. The zero-order chi connectivity index (χ0) is 14.7. The fourth-order valence-corrected chi connectivity index (χ4v) is 2.69. The topological polar surface area (TPSA) is 29.5 Å². The molecule has 0 atom stereocenters. The van der Waals surface area contributed by atoms with Crippen LogP contribution in [0, 0.1) is 12.7 Å². The Morgan fingerprint density at radius 3 is 2.65 bits per heavy atom. The molecule has 0 aliphatic carbocycles. The van der Waals surface area contributed by atoms with E-state index < -0.39 is 6.92 Å². The quantitative estimate of drug-likeness (QED) is 0.868. The Bertz CT molecular complexity index is 617. The Labute approximate surface area is 126 Å². The summed E-state index contributed by atoms with van der Waals surface area (Å²) in [6.07, 6.45) is 0. The lowest BCUT2D eigenvalue weighted by Crippen LogP contribution is -2.28. The molecular formula is C15H15BBrFO2. The summed E-state index contributed by atoms with van der Waals surface area (Å²) in [7, 11) is 0. The molecule has 0 unspecified atom stereocenters. The molecule has 0 aliphatic rings.